The Morgan fingerprint density at radius 2 is 2.14 bits per heavy atom. The summed E-state index contributed by atoms with van der Waals surface area (Å²) >= 11 is 0. The average molecular weight is 289 g/mol. The summed E-state index contributed by atoms with van der Waals surface area (Å²) in [4.78, 5) is 12.5. The summed E-state index contributed by atoms with van der Waals surface area (Å²) < 4.78 is 1.80. The van der Waals surface area contributed by atoms with Gasteiger partial charge in [-0.05, 0) is 51.5 Å². The normalized spacial score (nSPS) is 16.7. The standard InChI is InChI=1S/C17H27N3O/c1-5-20-16(11-15(19-20)12(2)3)17(21)18-13(4)14-9-7-6-8-10-14/h9,11-13H,5-8,10H2,1-4H3,(H,18,21). The zero-order valence-electron chi connectivity index (χ0n) is 13.6. The highest BCUT2D eigenvalue weighted by atomic mass is 16.2. The van der Waals surface area contributed by atoms with Crippen molar-refractivity contribution in [3.8, 4) is 0 Å². The molecular weight excluding hydrogens is 262 g/mol. The topological polar surface area (TPSA) is 46.9 Å². The Bertz CT molecular complexity index is 528. The first-order chi connectivity index (χ1) is 10.0. The van der Waals surface area contributed by atoms with E-state index in [4.69, 9.17) is 0 Å². The smallest absolute Gasteiger partial charge is 0.270 e. The lowest BCUT2D eigenvalue weighted by Gasteiger charge is -2.20. The molecule has 0 aromatic carbocycles. The molecule has 0 saturated carbocycles. The Labute approximate surface area is 127 Å². The van der Waals surface area contributed by atoms with Gasteiger partial charge < -0.3 is 5.32 Å². The molecule has 0 fully saturated rings. The number of carbonyl (C=O) groups is 1. The molecule has 0 aliphatic heterocycles. The Hall–Kier alpha value is -1.58. The number of hydrogen-bond acceptors (Lipinski definition) is 2. The molecule has 0 radical (unpaired) electrons. The van der Waals surface area contributed by atoms with Crippen molar-refractivity contribution in [2.75, 3.05) is 0 Å². The van der Waals surface area contributed by atoms with E-state index < -0.39 is 0 Å². The third-order valence-electron chi connectivity index (χ3n) is 4.15. The second kappa shape index (κ2) is 6.92. The van der Waals surface area contributed by atoms with Crippen LogP contribution in [0.3, 0.4) is 0 Å². The highest BCUT2D eigenvalue weighted by Crippen LogP contribution is 2.21. The van der Waals surface area contributed by atoms with Crippen molar-refractivity contribution in [2.45, 2.75) is 71.9 Å². The van der Waals surface area contributed by atoms with E-state index in [1.165, 1.54) is 18.4 Å². The van der Waals surface area contributed by atoms with Crippen LogP contribution in [0.2, 0.25) is 0 Å². The first-order valence-electron chi connectivity index (χ1n) is 8.10. The molecule has 0 bridgehead atoms. The third-order valence-corrected chi connectivity index (χ3v) is 4.15. The maximum Gasteiger partial charge on any atom is 0.270 e. The van der Waals surface area contributed by atoms with Crippen molar-refractivity contribution >= 4 is 5.91 Å². The number of aryl methyl sites for hydroxylation is 1. The van der Waals surface area contributed by atoms with E-state index in [1.807, 2.05) is 13.0 Å². The average Bonchev–Trinajstić information content (AvgIpc) is 2.92. The lowest BCUT2D eigenvalue weighted by atomic mass is 9.94. The molecule has 4 heteroatoms. The van der Waals surface area contributed by atoms with Crippen LogP contribution in [-0.2, 0) is 6.54 Å². The van der Waals surface area contributed by atoms with Gasteiger partial charge >= 0.3 is 0 Å². The van der Waals surface area contributed by atoms with Crippen LogP contribution in [0.4, 0.5) is 0 Å². The van der Waals surface area contributed by atoms with Crippen LogP contribution in [0, 0.1) is 0 Å². The molecule has 1 aromatic rings. The largest absolute Gasteiger partial charge is 0.345 e. The molecule has 1 atom stereocenters. The van der Waals surface area contributed by atoms with Crippen molar-refractivity contribution in [2.24, 2.45) is 0 Å². The number of allylic oxidation sites excluding steroid dienone is 1. The molecule has 21 heavy (non-hydrogen) atoms. The molecule has 0 saturated heterocycles. The van der Waals surface area contributed by atoms with Crippen LogP contribution in [0.1, 0.15) is 75.5 Å². The second-order valence-corrected chi connectivity index (χ2v) is 6.14. The van der Waals surface area contributed by atoms with Crippen molar-refractivity contribution in [1.29, 1.82) is 0 Å². The molecule has 1 aliphatic carbocycles. The summed E-state index contributed by atoms with van der Waals surface area (Å²) in [5.74, 6) is 0.318. The summed E-state index contributed by atoms with van der Waals surface area (Å²) in [6.07, 6.45) is 7.03. The van der Waals surface area contributed by atoms with Gasteiger partial charge in [-0.25, -0.2) is 0 Å². The molecule has 1 aromatic heterocycles. The summed E-state index contributed by atoms with van der Waals surface area (Å²) in [6.45, 7) is 9.00. The van der Waals surface area contributed by atoms with E-state index in [0.29, 0.717) is 18.2 Å². The summed E-state index contributed by atoms with van der Waals surface area (Å²) in [7, 11) is 0. The van der Waals surface area contributed by atoms with Crippen molar-refractivity contribution in [3.63, 3.8) is 0 Å². The minimum atomic E-state index is -0.0183. The van der Waals surface area contributed by atoms with Crippen molar-refractivity contribution < 1.29 is 4.79 Å². The monoisotopic (exact) mass is 289 g/mol. The molecule has 116 valence electrons. The van der Waals surface area contributed by atoms with Crippen LogP contribution < -0.4 is 5.32 Å². The van der Waals surface area contributed by atoms with Gasteiger partial charge in [0.15, 0.2) is 0 Å². The lowest BCUT2D eigenvalue weighted by molar-refractivity contribution is 0.0934. The predicted octanol–water partition coefficient (Wildman–Crippen LogP) is 3.65. The first kappa shape index (κ1) is 15.8. The zero-order valence-corrected chi connectivity index (χ0v) is 13.6. The quantitative estimate of drug-likeness (QED) is 0.841. The SMILES string of the molecule is CCn1nc(C(C)C)cc1C(=O)NC(C)C1=CCCCC1. The molecule has 1 heterocycles. The Morgan fingerprint density at radius 3 is 2.71 bits per heavy atom. The van der Waals surface area contributed by atoms with Gasteiger partial charge in [0.25, 0.3) is 5.91 Å². The number of nitrogens with zero attached hydrogens (tertiary/aromatic N) is 2. The van der Waals surface area contributed by atoms with Gasteiger partial charge in [0.2, 0.25) is 0 Å². The lowest BCUT2D eigenvalue weighted by Crippen LogP contribution is -2.35. The highest BCUT2D eigenvalue weighted by Gasteiger charge is 2.19. The molecule has 1 amide bonds. The van der Waals surface area contributed by atoms with Crippen molar-refractivity contribution in [3.05, 3.63) is 29.1 Å². The molecule has 1 unspecified atom stereocenters. The van der Waals surface area contributed by atoms with Crippen LogP contribution in [-0.4, -0.2) is 21.7 Å². The van der Waals surface area contributed by atoms with E-state index in [0.717, 1.165) is 18.5 Å². The maximum atomic E-state index is 12.5. The summed E-state index contributed by atoms with van der Waals surface area (Å²) in [5.41, 5.74) is 3.01. The molecule has 1 N–H and O–H groups in total. The van der Waals surface area contributed by atoms with E-state index in [2.05, 4.69) is 37.3 Å². The fourth-order valence-corrected chi connectivity index (χ4v) is 2.76. The van der Waals surface area contributed by atoms with Crippen LogP contribution >= 0.6 is 0 Å². The van der Waals surface area contributed by atoms with Crippen LogP contribution in [0.15, 0.2) is 17.7 Å². The van der Waals surface area contributed by atoms with Gasteiger partial charge in [-0.1, -0.05) is 25.5 Å². The fourth-order valence-electron chi connectivity index (χ4n) is 2.76. The van der Waals surface area contributed by atoms with Gasteiger partial charge in [-0.2, -0.15) is 5.10 Å². The van der Waals surface area contributed by atoms with Gasteiger partial charge in [0.1, 0.15) is 5.69 Å². The van der Waals surface area contributed by atoms with Gasteiger partial charge in [0.05, 0.1) is 5.69 Å². The number of hydrogen-bond donors (Lipinski definition) is 1. The maximum absolute atomic E-state index is 12.5. The Balaban J connectivity index is 2.10. The summed E-state index contributed by atoms with van der Waals surface area (Å²) in [6, 6.07) is 2.03. The minimum Gasteiger partial charge on any atom is -0.345 e. The molecule has 2 rings (SSSR count). The highest BCUT2D eigenvalue weighted by molar-refractivity contribution is 5.93. The molecule has 4 nitrogen and oxygen atoms in total. The number of aromatic nitrogens is 2. The molecule has 1 aliphatic rings. The minimum absolute atomic E-state index is 0.0183. The van der Waals surface area contributed by atoms with Crippen LogP contribution in [0.5, 0.6) is 0 Å². The number of carbonyl (C=O) groups excluding carboxylic acids is 1. The van der Waals surface area contributed by atoms with Crippen molar-refractivity contribution in [1.82, 2.24) is 15.1 Å². The Kier molecular flexibility index (Phi) is 5.21. The van der Waals surface area contributed by atoms with Gasteiger partial charge in [-0.3, -0.25) is 9.48 Å². The van der Waals surface area contributed by atoms with E-state index in [1.54, 1.807) is 4.68 Å². The number of amides is 1. The van der Waals surface area contributed by atoms with E-state index >= 15 is 0 Å². The van der Waals surface area contributed by atoms with Gasteiger partial charge in [-0.15, -0.1) is 0 Å². The fraction of sp³-hybridized carbons (Fsp3) is 0.647. The zero-order chi connectivity index (χ0) is 15.4. The van der Waals surface area contributed by atoms with E-state index in [9.17, 15) is 4.79 Å². The third kappa shape index (κ3) is 3.74. The van der Waals surface area contributed by atoms with E-state index in [-0.39, 0.29) is 11.9 Å². The second-order valence-electron chi connectivity index (χ2n) is 6.14. The van der Waals surface area contributed by atoms with Gasteiger partial charge in [0, 0.05) is 12.6 Å². The molecular formula is C17H27N3O. The molecule has 0 spiro atoms. The number of nitrogens with one attached hydrogen (secondary N) is 1. The predicted molar refractivity (Wildman–Crippen MR) is 85.5 cm³/mol. The summed E-state index contributed by atoms with van der Waals surface area (Å²) in [5, 5.41) is 7.64. The Morgan fingerprint density at radius 1 is 1.38 bits per heavy atom. The van der Waals surface area contributed by atoms with Crippen LogP contribution in [0.25, 0.3) is 0 Å². The first-order valence-corrected chi connectivity index (χ1v) is 8.10. The number of rotatable bonds is 5.